The highest BCUT2D eigenvalue weighted by molar-refractivity contribution is 6.00. The molecule has 118 valence electrons. The van der Waals surface area contributed by atoms with Crippen LogP contribution in [0.3, 0.4) is 0 Å². The highest BCUT2D eigenvalue weighted by Gasteiger charge is 2.22. The third kappa shape index (κ3) is 4.07. The summed E-state index contributed by atoms with van der Waals surface area (Å²) in [5.41, 5.74) is 1.16. The lowest BCUT2D eigenvalue weighted by Crippen LogP contribution is -2.39. The van der Waals surface area contributed by atoms with Gasteiger partial charge >= 0.3 is 0 Å². The van der Waals surface area contributed by atoms with Gasteiger partial charge in [-0.05, 0) is 38.5 Å². The minimum Gasteiger partial charge on any atom is -0.352 e. The summed E-state index contributed by atoms with van der Waals surface area (Å²) in [5, 5.41) is 5.28. The van der Waals surface area contributed by atoms with Crippen molar-refractivity contribution < 1.29 is 14.4 Å². The van der Waals surface area contributed by atoms with Crippen LogP contribution in [0.1, 0.15) is 37.0 Å². The molecule has 0 atom stereocenters. The zero-order valence-electron chi connectivity index (χ0n) is 12.9. The molecule has 0 aromatic heterocycles. The van der Waals surface area contributed by atoms with Crippen LogP contribution in [0.15, 0.2) is 24.3 Å². The molecule has 0 aliphatic carbocycles. The van der Waals surface area contributed by atoms with Crippen LogP contribution in [-0.4, -0.2) is 36.9 Å². The van der Waals surface area contributed by atoms with E-state index in [4.69, 9.17) is 0 Å². The number of rotatable bonds is 5. The number of nitrogens with zero attached hydrogens (tertiary/aromatic N) is 1. The lowest BCUT2D eigenvalue weighted by Gasteiger charge is -2.16. The van der Waals surface area contributed by atoms with Gasteiger partial charge < -0.3 is 15.5 Å². The van der Waals surface area contributed by atoms with Gasteiger partial charge in [0, 0.05) is 30.3 Å². The number of amides is 3. The molecule has 1 aromatic rings. The van der Waals surface area contributed by atoms with Crippen LogP contribution in [0.5, 0.6) is 0 Å². The Hall–Kier alpha value is -2.37. The van der Waals surface area contributed by atoms with Crippen LogP contribution in [-0.2, 0) is 9.59 Å². The van der Waals surface area contributed by atoms with Gasteiger partial charge in [0.25, 0.3) is 5.91 Å². The minimum absolute atomic E-state index is 0.0360. The maximum Gasteiger partial charge on any atom is 0.251 e. The fraction of sp³-hybridized carbons (Fsp3) is 0.438. The lowest BCUT2D eigenvalue weighted by atomic mass is 10.1. The molecule has 1 aliphatic heterocycles. The Bertz CT molecular complexity index is 584. The largest absolute Gasteiger partial charge is 0.352 e. The van der Waals surface area contributed by atoms with Crippen molar-refractivity contribution in [2.45, 2.75) is 32.7 Å². The molecule has 22 heavy (non-hydrogen) atoms. The van der Waals surface area contributed by atoms with Gasteiger partial charge in [0.15, 0.2) is 0 Å². The van der Waals surface area contributed by atoms with Crippen molar-refractivity contribution in [2.75, 3.05) is 18.0 Å². The predicted molar refractivity (Wildman–Crippen MR) is 83.6 cm³/mol. The Morgan fingerprint density at radius 2 is 2.09 bits per heavy atom. The van der Waals surface area contributed by atoms with Gasteiger partial charge in [0.1, 0.15) is 0 Å². The molecule has 1 aromatic carbocycles. The quantitative estimate of drug-likeness (QED) is 0.854. The van der Waals surface area contributed by atoms with Gasteiger partial charge in [-0.3, -0.25) is 14.4 Å². The van der Waals surface area contributed by atoms with Crippen LogP contribution in [0.2, 0.25) is 0 Å². The molecule has 1 heterocycles. The SMILES string of the molecule is CC(C)NC(=O)CNC(=O)c1cccc(N2CCCC2=O)c1. The van der Waals surface area contributed by atoms with E-state index in [0.717, 1.165) is 12.1 Å². The maximum atomic E-state index is 12.1. The highest BCUT2D eigenvalue weighted by atomic mass is 16.2. The molecule has 6 heteroatoms. The normalized spacial score (nSPS) is 14.3. The number of benzene rings is 1. The fourth-order valence-corrected chi connectivity index (χ4v) is 2.37. The average molecular weight is 303 g/mol. The van der Waals surface area contributed by atoms with E-state index >= 15 is 0 Å². The van der Waals surface area contributed by atoms with Gasteiger partial charge in [-0.1, -0.05) is 6.07 Å². The summed E-state index contributed by atoms with van der Waals surface area (Å²) >= 11 is 0. The van der Waals surface area contributed by atoms with E-state index < -0.39 is 0 Å². The van der Waals surface area contributed by atoms with E-state index in [2.05, 4.69) is 10.6 Å². The number of hydrogen-bond acceptors (Lipinski definition) is 3. The van der Waals surface area contributed by atoms with Gasteiger partial charge in [-0.2, -0.15) is 0 Å². The number of carbonyl (C=O) groups is 3. The molecule has 2 rings (SSSR count). The Balaban J connectivity index is 1.98. The van der Waals surface area contributed by atoms with Crippen molar-refractivity contribution in [3.05, 3.63) is 29.8 Å². The zero-order chi connectivity index (χ0) is 16.1. The summed E-state index contributed by atoms with van der Waals surface area (Å²) in [4.78, 5) is 37.0. The molecule has 2 N–H and O–H groups in total. The second-order valence-corrected chi connectivity index (χ2v) is 5.60. The molecule has 1 saturated heterocycles. The summed E-state index contributed by atoms with van der Waals surface area (Å²) < 4.78 is 0. The molecule has 0 unspecified atom stereocenters. The van der Waals surface area contributed by atoms with Crippen LogP contribution in [0.4, 0.5) is 5.69 Å². The molecule has 1 fully saturated rings. The second kappa shape index (κ2) is 7.06. The summed E-state index contributed by atoms with van der Waals surface area (Å²) in [7, 11) is 0. The van der Waals surface area contributed by atoms with E-state index in [9.17, 15) is 14.4 Å². The maximum absolute atomic E-state index is 12.1. The topological polar surface area (TPSA) is 78.5 Å². The predicted octanol–water partition coefficient (Wildman–Crippen LogP) is 1.07. The molecule has 0 saturated carbocycles. The van der Waals surface area contributed by atoms with Gasteiger partial charge in [-0.25, -0.2) is 0 Å². The molecular weight excluding hydrogens is 282 g/mol. The first kappa shape index (κ1) is 16.0. The Labute approximate surface area is 129 Å². The van der Waals surface area contributed by atoms with Crippen molar-refractivity contribution >= 4 is 23.4 Å². The number of anilines is 1. The van der Waals surface area contributed by atoms with Crippen molar-refractivity contribution in [2.24, 2.45) is 0 Å². The van der Waals surface area contributed by atoms with Gasteiger partial charge in [0.2, 0.25) is 11.8 Å². The Kier molecular flexibility index (Phi) is 5.14. The summed E-state index contributed by atoms with van der Waals surface area (Å²) in [6, 6.07) is 6.93. The highest BCUT2D eigenvalue weighted by Crippen LogP contribution is 2.22. The van der Waals surface area contributed by atoms with Crippen molar-refractivity contribution in [1.82, 2.24) is 10.6 Å². The summed E-state index contributed by atoms with van der Waals surface area (Å²) in [6.07, 6.45) is 1.39. The van der Waals surface area contributed by atoms with Crippen LogP contribution >= 0.6 is 0 Å². The van der Waals surface area contributed by atoms with E-state index in [0.29, 0.717) is 18.5 Å². The lowest BCUT2D eigenvalue weighted by molar-refractivity contribution is -0.120. The number of nitrogens with one attached hydrogen (secondary N) is 2. The van der Waals surface area contributed by atoms with Crippen LogP contribution < -0.4 is 15.5 Å². The molecular formula is C16H21N3O3. The second-order valence-electron chi connectivity index (χ2n) is 5.60. The first-order valence-corrected chi connectivity index (χ1v) is 7.45. The fourth-order valence-electron chi connectivity index (χ4n) is 2.37. The van der Waals surface area contributed by atoms with Gasteiger partial charge in [-0.15, -0.1) is 0 Å². The van der Waals surface area contributed by atoms with E-state index in [1.54, 1.807) is 23.1 Å². The van der Waals surface area contributed by atoms with Crippen molar-refractivity contribution in [3.8, 4) is 0 Å². The molecule has 0 spiro atoms. The van der Waals surface area contributed by atoms with Crippen molar-refractivity contribution in [3.63, 3.8) is 0 Å². The molecule has 0 radical (unpaired) electrons. The van der Waals surface area contributed by atoms with E-state index in [1.807, 2.05) is 19.9 Å². The smallest absolute Gasteiger partial charge is 0.251 e. The zero-order valence-corrected chi connectivity index (χ0v) is 12.9. The number of hydrogen-bond donors (Lipinski definition) is 2. The van der Waals surface area contributed by atoms with Crippen LogP contribution in [0, 0.1) is 0 Å². The van der Waals surface area contributed by atoms with E-state index in [1.165, 1.54) is 0 Å². The molecule has 0 bridgehead atoms. The average Bonchev–Trinajstić information content (AvgIpc) is 2.90. The first-order valence-electron chi connectivity index (χ1n) is 7.45. The standard InChI is InChI=1S/C16H21N3O3/c1-11(2)18-14(20)10-17-16(22)12-5-3-6-13(9-12)19-8-4-7-15(19)21/h3,5-6,9,11H,4,7-8,10H2,1-2H3,(H,17,22)(H,18,20). The molecule has 3 amide bonds. The van der Waals surface area contributed by atoms with Crippen molar-refractivity contribution in [1.29, 1.82) is 0 Å². The minimum atomic E-state index is -0.326. The number of carbonyl (C=O) groups excluding carboxylic acids is 3. The Morgan fingerprint density at radius 1 is 1.32 bits per heavy atom. The third-order valence-corrected chi connectivity index (χ3v) is 3.35. The third-order valence-electron chi connectivity index (χ3n) is 3.35. The molecule has 6 nitrogen and oxygen atoms in total. The summed E-state index contributed by atoms with van der Waals surface area (Å²) in [5.74, 6) is -0.476. The Morgan fingerprint density at radius 3 is 2.73 bits per heavy atom. The van der Waals surface area contributed by atoms with Gasteiger partial charge in [0.05, 0.1) is 6.54 Å². The van der Waals surface area contributed by atoms with E-state index in [-0.39, 0.29) is 30.3 Å². The first-order chi connectivity index (χ1) is 10.5. The van der Waals surface area contributed by atoms with Crippen LogP contribution in [0.25, 0.3) is 0 Å². The molecule has 1 aliphatic rings. The summed E-state index contributed by atoms with van der Waals surface area (Å²) in [6.45, 7) is 4.33. The monoisotopic (exact) mass is 303 g/mol.